The normalized spacial score (nSPS) is 19.8. The number of carbonyl (C=O) groups excluding carboxylic acids is 1. The molecule has 16 heavy (non-hydrogen) atoms. The fourth-order valence-electron chi connectivity index (χ4n) is 1.96. The molecule has 0 saturated carbocycles. The average molecular weight is 228 g/mol. The van der Waals surface area contributed by atoms with E-state index in [9.17, 15) is 4.79 Å². The molecule has 1 fully saturated rings. The Bertz CT molecular complexity index is 223. The summed E-state index contributed by atoms with van der Waals surface area (Å²) in [6.07, 6.45) is 2.58. The first-order chi connectivity index (χ1) is 7.61. The van der Waals surface area contributed by atoms with Crippen LogP contribution in [0.25, 0.3) is 0 Å². The molecule has 1 aliphatic rings. The van der Waals surface area contributed by atoms with Crippen LogP contribution < -0.4 is 5.32 Å². The van der Waals surface area contributed by atoms with Crippen molar-refractivity contribution in [2.24, 2.45) is 0 Å². The van der Waals surface area contributed by atoms with Gasteiger partial charge >= 0.3 is 0 Å². The lowest BCUT2D eigenvalue weighted by Gasteiger charge is -2.39. The summed E-state index contributed by atoms with van der Waals surface area (Å²) in [6.45, 7) is 7.13. The van der Waals surface area contributed by atoms with Gasteiger partial charge in [-0.25, -0.2) is 0 Å². The summed E-state index contributed by atoms with van der Waals surface area (Å²) in [5, 5.41) is 3.33. The molecular formula is C12H24N2O2. The van der Waals surface area contributed by atoms with Gasteiger partial charge in [-0.2, -0.15) is 0 Å². The van der Waals surface area contributed by atoms with Crippen molar-refractivity contribution in [1.29, 1.82) is 0 Å². The molecule has 1 amide bonds. The van der Waals surface area contributed by atoms with E-state index in [1.807, 2.05) is 18.9 Å². The molecule has 4 nitrogen and oxygen atoms in total. The van der Waals surface area contributed by atoms with Gasteiger partial charge in [-0.05, 0) is 33.7 Å². The number of rotatable bonds is 5. The summed E-state index contributed by atoms with van der Waals surface area (Å²) in [7, 11) is 1.99. The Labute approximate surface area is 98.3 Å². The molecule has 0 bridgehead atoms. The minimum absolute atomic E-state index is 0.205. The molecular weight excluding hydrogens is 204 g/mol. The summed E-state index contributed by atoms with van der Waals surface area (Å²) < 4.78 is 5.20. The van der Waals surface area contributed by atoms with Gasteiger partial charge < -0.3 is 15.0 Å². The number of hydrogen-bond donors (Lipinski definition) is 1. The van der Waals surface area contributed by atoms with Crippen molar-refractivity contribution in [3.8, 4) is 0 Å². The van der Waals surface area contributed by atoms with Gasteiger partial charge in [-0.15, -0.1) is 0 Å². The highest BCUT2D eigenvalue weighted by atomic mass is 16.5. The van der Waals surface area contributed by atoms with Gasteiger partial charge in [0, 0.05) is 25.2 Å². The van der Waals surface area contributed by atoms with Crippen LogP contribution in [0.5, 0.6) is 0 Å². The molecule has 1 rings (SSSR count). The van der Waals surface area contributed by atoms with Gasteiger partial charge in [0.15, 0.2) is 0 Å². The number of carbonyl (C=O) groups is 1. The first kappa shape index (κ1) is 13.5. The number of piperidine rings is 1. The highest BCUT2D eigenvalue weighted by Gasteiger charge is 2.29. The van der Waals surface area contributed by atoms with Gasteiger partial charge in [-0.1, -0.05) is 0 Å². The summed E-state index contributed by atoms with van der Waals surface area (Å²) in [6, 6.07) is 0. The zero-order chi connectivity index (χ0) is 12.0. The van der Waals surface area contributed by atoms with E-state index < -0.39 is 0 Å². The quantitative estimate of drug-likeness (QED) is 0.714. The van der Waals surface area contributed by atoms with Crippen molar-refractivity contribution in [3.05, 3.63) is 0 Å². The smallest absolute Gasteiger partial charge is 0.224 e. The van der Waals surface area contributed by atoms with E-state index in [0.29, 0.717) is 19.6 Å². The number of ether oxygens (including phenoxy) is 1. The van der Waals surface area contributed by atoms with E-state index in [-0.39, 0.29) is 11.4 Å². The number of hydrogen-bond acceptors (Lipinski definition) is 3. The van der Waals surface area contributed by atoms with Crippen LogP contribution in [0, 0.1) is 0 Å². The van der Waals surface area contributed by atoms with Crippen molar-refractivity contribution < 1.29 is 9.53 Å². The van der Waals surface area contributed by atoms with Crippen LogP contribution in [0.2, 0.25) is 0 Å². The van der Waals surface area contributed by atoms with Gasteiger partial charge in [-0.3, -0.25) is 4.79 Å². The second-order valence-electron chi connectivity index (χ2n) is 4.64. The Kier molecular flexibility index (Phi) is 5.22. The van der Waals surface area contributed by atoms with E-state index in [1.165, 1.54) is 0 Å². The van der Waals surface area contributed by atoms with Crippen LogP contribution in [0.15, 0.2) is 0 Å². The number of likely N-dealkylation sites (tertiary alicyclic amines) is 1. The first-order valence-corrected chi connectivity index (χ1v) is 6.16. The summed E-state index contributed by atoms with van der Waals surface area (Å²) in [5.74, 6) is 0.228. The summed E-state index contributed by atoms with van der Waals surface area (Å²) in [5.41, 5.74) is 0.205. The van der Waals surface area contributed by atoms with E-state index in [2.05, 4.69) is 12.2 Å². The molecule has 4 heteroatoms. The highest BCUT2D eigenvalue weighted by molar-refractivity contribution is 5.76. The van der Waals surface area contributed by atoms with Crippen LogP contribution in [0.3, 0.4) is 0 Å². The molecule has 1 saturated heterocycles. The molecule has 0 aromatic heterocycles. The van der Waals surface area contributed by atoms with Crippen molar-refractivity contribution in [2.75, 3.05) is 33.4 Å². The SMILES string of the molecule is CCOCCC(=O)N1CCC(C)(NC)CC1. The average Bonchev–Trinajstić information content (AvgIpc) is 2.30. The number of amides is 1. The largest absolute Gasteiger partial charge is 0.381 e. The predicted molar refractivity (Wildman–Crippen MR) is 64.4 cm³/mol. The standard InChI is InChI=1S/C12H24N2O2/c1-4-16-10-5-11(15)14-8-6-12(2,13-3)7-9-14/h13H,4-10H2,1-3H3. The Morgan fingerprint density at radius 3 is 2.56 bits per heavy atom. The second kappa shape index (κ2) is 6.21. The third kappa shape index (κ3) is 3.76. The molecule has 0 aromatic rings. The lowest BCUT2D eigenvalue weighted by molar-refractivity contribution is -0.133. The van der Waals surface area contributed by atoms with Crippen molar-refractivity contribution in [2.45, 2.75) is 38.6 Å². The molecule has 1 aliphatic heterocycles. The maximum Gasteiger partial charge on any atom is 0.224 e. The zero-order valence-corrected chi connectivity index (χ0v) is 10.7. The van der Waals surface area contributed by atoms with Crippen molar-refractivity contribution in [3.63, 3.8) is 0 Å². The topological polar surface area (TPSA) is 41.6 Å². The van der Waals surface area contributed by atoms with E-state index in [0.717, 1.165) is 25.9 Å². The first-order valence-electron chi connectivity index (χ1n) is 6.16. The van der Waals surface area contributed by atoms with Crippen molar-refractivity contribution in [1.82, 2.24) is 10.2 Å². The maximum absolute atomic E-state index is 11.8. The third-order valence-corrected chi connectivity index (χ3v) is 3.49. The predicted octanol–water partition coefficient (Wildman–Crippen LogP) is 1.01. The Hall–Kier alpha value is -0.610. The van der Waals surface area contributed by atoms with Crippen LogP contribution in [0.4, 0.5) is 0 Å². The fraction of sp³-hybridized carbons (Fsp3) is 0.917. The summed E-state index contributed by atoms with van der Waals surface area (Å²) in [4.78, 5) is 13.8. The molecule has 0 atom stereocenters. The van der Waals surface area contributed by atoms with Crippen LogP contribution in [0.1, 0.15) is 33.1 Å². The van der Waals surface area contributed by atoms with Crippen LogP contribution in [-0.4, -0.2) is 49.7 Å². The van der Waals surface area contributed by atoms with Crippen LogP contribution >= 0.6 is 0 Å². The third-order valence-electron chi connectivity index (χ3n) is 3.49. The Morgan fingerprint density at radius 2 is 2.06 bits per heavy atom. The minimum Gasteiger partial charge on any atom is -0.381 e. The second-order valence-corrected chi connectivity index (χ2v) is 4.64. The van der Waals surface area contributed by atoms with Crippen molar-refractivity contribution >= 4 is 5.91 Å². The monoisotopic (exact) mass is 228 g/mol. The Balaban J connectivity index is 2.27. The van der Waals surface area contributed by atoms with Gasteiger partial charge in [0.05, 0.1) is 13.0 Å². The highest BCUT2D eigenvalue weighted by Crippen LogP contribution is 2.21. The molecule has 0 radical (unpaired) electrons. The molecule has 1 N–H and O–H groups in total. The van der Waals surface area contributed by atoms with Crippen LogP contribution in [-0.2, 0) is 9.53 Å². The molecule has 0 aromatic carbocycles. The van der Waals surface area contributed by atoms with Gasteiger partial charge in [0.1, 0.15) is 0 Å². The van der Waals surface area contributed by atoms with E-state index >= 15 is 0 Å². The summed E-state index contributed by atoms with van der Waals surface area (Å²) >= 11 is 0. The molecule has 94 valence electrons. The van der Waals surface area contributed by atoms with Gasteiger partial charge in [0.25, 0.3) is 0 Å². The molecule has 1 heterocycles. The molecule has 0 unspecified atom stereocenters. The minimum atomic E-state index is 0.205. The number of nitrogens with one attached hydrogen (secondary N) is 1. The van der Waals surface area contributed by atoms with E-state index in [4.69, 9.17) is 4.74 Å². The Morgan fingerprint density at radius 1 is 1.44 bits per heavy atom. The number of nitrogens with zero attached hydrogens (tertiary/aromatic N) is 1. The molecule has 0 spiro atoms. The van der Waals surface area contributed by atoms with Gasteiger partial charge in [0.2, 0.25) is 5.91 Å². The maximum atomic E-state index is 11.8. The van der Waals surface area contributed by atoms with E-state index in [1.54, 1.807) is 0 Å². The fourth-order valence-corrected chi connectivity index (χ4v) is 1.96. The zero-order valence-electron chi connectivity index (χ0n) is 10.7. The lowest BCUT2D eigenvalue weighted by Crippen LogP contribution is -2.51. The lowest BCUT2D eigenvalue weighted by atomic mass is 9.90. The molecule has 0 aliphatic carbocycles.